The first-order valence-corrected chi connectivity index (χ1v) is 13.4. The average Bonchev–Trinajstić information content (AvgIpc) is 2.82. The molecular weight excluding hydrogens is 467 g/mol. The van der Waals surface area contributed by atoms with Gasteiger partial charge in [0.1, 0.15) is 0 Å². The summed E-state index contributed by atoms with van der Waals surface area (Å²) in [6.07, 6.45) is 5.56. The number of allylic oxidation sites excluding steroid dienone is 3. The van der Waals surface area contributed by atoms with E-state index in [1.165, 1.54) is 12.1 Å². The normalized spacial score (nSPS) is 28.8. The van der Waals surface area contributed by atoms with Gasteiger partial charge in [-0.25, -0.2) is 13.1 Å². The van der Waals surface area contributed by atoms with Crippen molar-refractivity contribution in [2.45, 2.75) is 50.1 Å². The third-order valence-electron chi connectivity index (χ3n) is 6.86. The van der Waals surface area contributed by atoms with Crippen molar-refractivity contribution in [2.75, 3.05) is 31.2 Å². The van der Waals surface area contributed by atoms with Gasteiger partial charge in [0.05, 0.1) is 23.5 Å². The zero-order valence-electron chi connectivity index (χ0n) is 19.1. The number of anilines is 1. The molecule has 1 fully saturated rings. The minimum Gasteiger partial charge on any atom is -0.381 e. The van der Waals surface area contributed by atoms with Gasteiger partial charge in [-0.15, -0.1) is 0 Å². The highest BCUT2D eigenvalue weighted by Gasteiger charge is 2.45. The maximum absolute atomic E-state index is 13.4. The summed E-state index contributed by atoms with van der Waals surface area (Å²) in [4.78, 5) is 0. The Hall–Kier alpha value is -1.88. The maximum Gasteiger partial charge on any atom is 0.416 e. The van der Waals surface area contributed by atoms with Crippen molar-refractivity contribution in [3.63, 3.8) is 0 Å². The van der Waals surface area contributed by atoms with E-state index in [1.807, 2.05) is 12.2 Å². The van der Waals surface area contributed by atoms with E-state index in [-0.39, 0.29) is 30.2 Å². The fraction of sp³-hybridized carbons (Fsp3) is 0.583. The van der Waals surface area contributed by atoms with Crippen molar-refractivity contribution >= 4 is 15.7 Å². The van der Waals surface area contributed by atoms with Crippen molar-refractivity contribution in [3.8, 4) is 0 Å². The SMILES string of the molecule is CNCCCS(=O)(=O)NC[C@H]1CC[C@@H]2[C@H](O1)c1cc(C(F)(F)F)ccc1N[C@H]2C1C=CC=CC1. The van der Waals surface area contributed by atoms with Gasteiger partial charge in [0.15, 0.2) is 0 Å². The van der Waals surface area contributed by atoms with E-state index >= 15 is 0 Å². The molecule has 3 aliphatic rings. The Morgan fingerprint density at radius 1 is 1.21 bits per heavy atom. The highest BCUT2D eigenvalue weighted by atomic mass is 32.2. The van der Waals surface area contributed by atoms with Gasteiger partial charge in [-0.2, -0.15) is 13.2 Å². The van der Waals surface area contributed by atoms with Crippen LogP contribution < -0.4 is 15.4 Å². The van der Waals surface area contributed by atoms with Gasteiger partial charge in [-0.05, 0) is 57.5 Å². The van der Waals surface area contributed by atoms with Gasteiger partial charge in [0.2, 0.25) is 10.0 Å². The second-order valence-corrected chi connectivity index (χ2v) is 11.2. The summed E-state index contributed by atoms with van der Waals surface area (Å²) in [5, 5.41) is 6.41. The van der Waals surface area contributed by atoms with Crippen LogP contribution in [-0.4, -0.2) is 46.5 Å². The molecule has 2 heterocycles. The molecule has 1 unspecified atom stereocenters. The summed E-state index contributed by atoms with van der Waals surface area (Å²) in [6, 6.07) is 3.78. The van der Waals surface area contributed by atoms with Crippen LogP contribution in [0.3, 0.4) is 0 Å². The second kappa shape index (κ2) is 10.4. The number of halogens is 3. The van der Waals surface area contributed by atoms with Crippen LogP contribution in [0.4, 0.5) is 18.9 Å². The van der Waals surface area contributed by atoms with Crippen LogP contribution in [0, 0.1) is 11.8 Å². The van der Waals surface area contributed by atoms with E-state index < -0.39 is 34.0 Å². The molecular formula is C24H32F3N3O3S. The molecule has 0 radical (unpaired) electrons. The lowest BCUT2D eigenvalue weighted by Crippen LogP contribution is -2.48. The molecule has 0 amide bonds. The number of alkyl halides is 3. The zero-order valence-corrected chi connectivity index (χ0v) is 20.0. The summed E-state index contributed by atoms with van der Waals surface area (Å²) < 4.78 is 73.9. The van der Waals surface area contributed by atoms with Crippen LogP contribution in [0.15, 0.2) is 42.5 Å². The molecule has 6 nitrogen and oxygen atoms in total. The summed E-state index contributed by atoms with van der Waals surface area (Å²) in [6.45, 7) is 0.714. The molecule has 34 heavy (non-hydrogen) atoms. The van der Waals surface area contributed by atoms with E-state index in [0.29, 0.717) is 30.6 Å². The number of rotatable bonds is 8. The molecule has 0 bridgehead atoms. The lowest BCUT2D eigenvalue weighted by Gasteiger charge is -2.47. The second-order valence-electron chi connectivity index (χ2n) is 9.23. The number of nitrogens with one attached hydrogen (secondary N) is 3. The molecule has 1 aromatic rings. The number of hydrogen-bond acceptors (Lipinski definition) is 5. The van der Waals surface area contributed by atoms with Crippen molar-refractivity contribution in [1.82, 2.24) is 10.0 Å². The fourth-order valence-electron chi connectivity index (χ4n) is 5.14. The highest BCUT2D eigenvalue weighted by molar-refractivity contribution is 7.89. The summed E-state index contributed by atoms with van der Waals surface area (Å²) in [5.74, 6) is 0.206. The van der Waals surface area contributed by atoms with E-state index in [4.69, 9.17) is 4.74 Å². The number of fused-ring (bicyclic) bond motifs is 3. The van der Waals surface area contributed by atoms with E-state index in [9.17, 15) is 21.6 Å². The van der Waals surface area contributed by atoms with Crippen LogP contribution in [0.25, 0.3) is 0 Å². The molecule has 4 rings (SSSR count). The quantitative estimate of drug-likeness (QED) is 0.472. The maximum atomic E-state index is 13.4. The Bertz CT molecular complexity index is 1030. The van der Waals surface area contributed by atoms with Crippen molar-refractivity contribution in [1.29, 1.82) is 0 Å². The molecule has 0 aromatic heterocycles. The van der Waals surface area contributed by atoms with Crippen LogP contribution in [0.1, 0.15) is 42.9 Å². The Morgan fingerprint density at radius 2 is 2.03 bits per heavy atom. The standard InChI is InChI=1S/C24H32F3N3O3S/c1-28-12-5-13-34(31,32)29-15-18-9-10-19-22(16-6-3-2-4-7-16)30-21-11-8-17(24(25,26)27)14-20(21)23(19)33-18/h2-4,6,8,11,14,16,18-19,22-23,28-30H,5,7,9-10,12-13,15H2,1H3/t16?,18-,19+,22+,23+/m1/s1. The molecule has 1 aromatic carbocycles. The predicted molar refractivity (Wildman–Crippen MR) is 126 cm³/mol. The Kier molecular flexibility index (Phi) is 7.71. The first kappa shape index (κ1) is 25.2. The molecule has 188 valence electrons. The molecule has 10 heteroatoms. The number of benzene rings is 1. The van der Waals surface area contributed by atoms with Crippen molar-refractivity contribution in [2.24, 2.45) is 11.8 Å². The fourth-order valence-corrected chi connectivity index (χ4v) is 6.25. The van der Waals surface area contributed by atoms with E-state index in [1.54, 1.807) is 7.05 Å². The third-order valence-corrected chi connectivity index (χ3v) is 8.30. The minimum atomic E-state index is -4.45. The molecule has 5 atom stereocenters. The largest absolute Gasteiger partial charge is 0.416 e. The molecule has 1 aliphatic carbocycles. The number of ether oxygens (including phenoxy) is 1. The monoisotopic (exact) mass is 499 g/mol. The van der Waals surface area contributed by atoms with Crippen LogP contribution in [0.2, 0.25) is 0 Å². The minimum absolute atomic E-state index is 0.0118. The Labute approximate surface area is 199 Å². The number of hydrogen-bond donors (Lipinski definition) is 3. The molecule has 0 spiro atoms. The average molecular weight is 500 g/mol. The van der Waals surface area contributed by atoms with Gasteiger partial charge >= 0.3 is 6.18 Å². The van der Waals surface area contributed by atoms with Gasteiger partial charge in [-0.1, -0.05) is 24.3 Å². The van der Waals surface area contributed by atoms with Crippen molar-refractivity contribution in [3.05, 3.63) is 53.6 Å². The predicted octanol–water partition coefficient (Wildman–Crippen LogP) is 4.00. The van der Waals surface area contributed by atoms with Gasteiger partial charge in [-0.3, -0.25) is 0 Å². The molecule has 2 aliphatic heterocycles. The third kappa shape index (κ3) is 5.84. The summed E-state index contributed by atoms with van der Waals surface area (Å²) in [7, 11) is -1.68. The van der Waals surface area contributed by atoms with Crippen LogP contribution >= 0.6 is 0 Å². The first-order valence-electron chi connectivity index (χ1n) is 11.8. The van der Waals surface area contributed by atoms with Crippen LogP contribution in [0.5, 0.6) is 0 Å². The van der Waals surface area contributed by atoms with E-state index in [2.05, 4.69) is 27.5 Å². The van der Waals surface area contributed by atoms with Crippen molar-refractivity contribution < 1.29 is 26.3 Å². The topological polar surface area (TPSA) is 79.5 Å². The van der Waals surface area contributed by atoms with Gasteiger partial charge < -0.3 is 15.4 Å². The highest BCUT2D eigenvalue weighted by Crippen LogP contribution is 2.49. The Morgan fingerprint density at radius 3 is 2.74 bits per heavy atom. The lowest BCUT2D eigenvalue weighted by atomic mass is 9.73. The first-order chi connectivity index (χ1) is 16.2. The Balaban J connectivity index is 1.54. The molecule has 1 saturated heterocycles. The van der Waals surface area contributed by atoms with E-state index in [0.717, 1.165) is 18.9 Å². The van der Waals surface area contributed by atoms with Gasteiger partial charge in [0, 0.05) is 35.7 Å². The smallest absolute Gasteiger partial charge is 0.381 e. The molecule has 3 N–H and O–H groups in total. The van der Waals surface area contributed by atoms with Gasteiger partial charge in [0.25, 0.3) is 0 Å². The molecule has 0 saturated carbocycles. The zero-order chi connectivity index (χ0) is 24.3. The van der Waals surface area contributed by atoms with Crippen LogP contribution in [-0.2, 0) is 20.9 Å². The summed E-state index contributed by atoms with van der Waals surface area (Å²) in [5.41, 5.74) is 0.435. The summed E-state index contributed by atoms with van der Waals surface area (Å²) >= 11 is 0. The lowest BCUT2D eigenvalue weighted by molar-refractivity contribution is -0.138. The number of sulfonamides is 1.